The van der Waals surface area contributed by atoms with E-state index in [9.17, 15) is 9.18 Å². The van der Waals surface area contributed by atoms with Crippen LogP contribution in [0.3, 0.4) is 0 Å². The fraction of sp³-hybridized carbons (Fsp3) is 0. The number of hydrogen-bond donors (Lipinski definition) is 3. The number of H-pyrrole nitrogens is 1. The number of nitrogens with one attached hydrogen (secondary N) is 2. The average Bonchev–Trinajstić information content (AvgIpc) is 2.74. The van der Waals surface area contributed by atoms with Gasteiger partial charge in [-0.25, -0.2) is 9.37 Å². The molecule has 0 aliphatic carbocycles. The number of nitrogen functional groups attached to an aromatic ring is 1. The van der Waals surface area contributed by atoms with Gasteiger partial charge in [0.25, 0.3) is 5.91 Å². The van der Waals surface area contributed by atoms with Crippen LogP contribution in [0.2, 0.25) is 0 Å². The Balaban J connectivity index is 2.18. The maximum absolute atomic E-state index is 13.1. The highest BCUT2D eigenvalue weighted by molar-refractivity contribution is 6.03. The van der Waals surface area contributed by atoms with Crippen LogP contribution in [0.4, 0.5) is 16.0 Å². The molecule has 0 bridgehead atoms. The molecular weight excluding hydrogens is 211 g/mol. The molecule has 0 saturated heterocycles. The Bertz CT molecular complexity index is 510. The molecule has 2 rings (SSSR count). The van der Waals surface area contributed by atoms with Crippen LogP contribution < -0.4 is 11.1 Å². The van der Waals surface area contributed by atoms with Gasteiger partial charge in [-0.15, -0.1) is 0 Å². The lowest BCUT2D eigenvalue weighted by molar-refractivity contribution is 0.102. The number of anilines is 2. The number of rotatable bonds is 2. The summed E-state index contributed by atoms with van der Waals surface area (Å²) in [5.74, 6) is -0.761. The highest BCUT2D eigenvalue weighted by atomic mass is 19.1. The van der Waals surface area contributed by atoms with Crippen LogP contribution in [-0.2, 0) is 0 Å². The molecule has 5 nitrogen and oxygen atoms in total. The summed E-state index contributed by atoms with van der Waals surface area (Å²) in [6, 6.07) is 3.86. The Labute approximate surface area is 90.5 Å². The van der Waals surface area contributed by atoms with Gasteiger partial charge in [0, 0.05) is 18.0 Å². The van der Waals surface area contributed by atoms with E-state index in [-0.39, 0.29) is 11.3 Å². The van der Waals surface area contributed by atoms with Crippen molar-refractivity contribution < 1.29 is 9.18 Å². The van der Waals surface area contributed by atoms with Gasteiger partial charge in [0.2, 0.25) is 5.95 Å². The van der Waals surface area contributed by atoms with Crippen molar-refractivity contribution in [1.29, 1.82) is 0 Å². The third-order valence-electron chi connectivity index (χ3n) is 1.99. The van der Waals surface area contributed by atoms with E-state index >= 15 is 0 Å². The van der Waals surface area contributed by atoms with Crippen LogP contribution in [0, 0.1) is 5.82 Å². The smallest absolute Gasteiger partial charge is 0.258 e. The Kier molecular flexibility index (Phi) is 2.55. The number of nitrogens with zero attached hydrogens (tertiary/aromatic N) is 1. The third-order valence-corrected chi connectivity index (χ3v) is 1.99. The molecule has 0 unspecified atom stereocenters. The van der Waals surface area contributed by atoms with Gasteiger partial charge in [-0.1, -0.05) is 0 Å². The first kappa shape index (κ1) is 10.2. The summed E-state index contributed by atoms with van der Waals surface area (Å²) in [5, 5.41) is 2.47. The minimum atomic E-state index is -0.618. The molecule has 0 atom stereocenters. The molecule has 1 amide bonds. The van der Waals surface area contributed by atoms with Crippen LogP contribution in [-0.4, -0.2) is 15.9 Å². The zero-order chi connectivity index (χ0) is 11.5. The average molecular weight is 220 g/mol. The van der Waals surface area contributed by atoms with Gasteiger partial charge in [0.05, 0.1) is 5.69 Å². The summed E-state index contributed by atoms with van der Waals surface area (Å²) in [6.45, 7) is 0. The predicted molar refractivity (Wildman–Crippen MR) is 57.4 cm³/mol. The standard InChI is InChI=1S/C10H9FN4O/c11-7-5-6(1-2-8(7)12)9(16)15-10-13-3-4-14-10/h1-5H,12H2,(H2,13,14,15,16). The monoisotopic (exact) mass is 220 g/mol. The van der Waals surface area contributed by atoms with E-state index in [4.69, 9.17) is 5.73 Å². The first-order chi connectivity index (χ1) is 7.66. The van der Waals surface area contributed by atoms with Crippen molar-refractivity contribution >= 4 is 17.5 Å². The van der Waals surface area contributed by atoms with E-state index in [0.717, 1.165) is 6.07 Å². The zero-order valence-electron chi connectivity index (χ0n) is 8.20. The Hall–Kier alpha value is -2.37. The van der Waals surface area contributed by atoms with E-state index in [1.54, 1.807) is 6.20 Å². The van der Waals surface area contributed by atoms with Crippen molar-refractivity contribution in [2.45, 2.75) is 0 Å². The van der Waals surface area contributed by atoms with E-state index in [1.165, 1.54) is 18.3 Å². The number of halogens is 1. The molecule has 0 saturated carbocycles. The first-order valence-corrected chi connectivity index (χ1v) is 4.52. The van der Waals surface area contributed by atoms with E-state index in [0.29, 0.717) is 5.95 Å². The van der Waals surface area contributed by atoms with Gasteiger partial charge >= 0.3 is 0 Å². The molecule has 0 radical (unpaired) electrons. The van der Waals surface area contributed by atoms with Crippen molar-refractivity contribution in [2.75, 3.05) is 11.1 Å². The topological polar surface area (TPSA) is 83.8 Å². The Morgan fingerprint density at radius 3 is 2.94 bits per heavy atom. The maximum atomic E-state index is 13.1. The molecule has 1 aromatic heterocycles. The van der Waals surface area contributed by atoms with E-state index < -0.39 is 11.7 Å². The minimum absolute atomic E-state index is 0.00884. The molecule has 2 aromatic rings. The van der Waals surface area contributed by atoms with Crippen LogP contribution in [0.1, 0.15) is 10.4 Å². The van der Waals surface area contributed by atoms with Crippen LogP contribution in [0.25, 0.3) is 0 Å². The molecule has 0 spiro atoms. The normalized spacial score (nSPS) is 10.1. The number of hydrogen-bond acceptors (Lipinski definition) is 3. The first-order valence-electron chi connectivity index (χ1n) is 4.52. The lowest BCUT2D eigenvalue weighted by Crippen LogP contribution is -2.13. The molecule has 1 aromatic carbocycles. The number of carbonyl (C=O) groups excluding carboxylic acids is 1. The SMILES string of the molecule is Nc1ccc(C(=O)Nc2ncc[nH]2)cc1F. The number of carbonyl (C=O) groups is 1. The van der Waals surface area contributed by atoms with Crippen molar-refractivity contribution in [1.82, 2.24) is 9.97 Å². The summed E-state index contributed by atoms with van der Waals surface area (Å²) < 4.78 is 13.1. The fourth-order valence-electron chi connectivity index (χ4n) is 1.18. The summed E-state index contributed by atoms with van der Waals surface area (Å²) in [6.07, 6.45) is 3.07. The van der Waals surface area contributed by atoms with Gasteiger partial charge < -0.3 is 10.7 Å². The van der Waals surface area contributed by atoms with Crippen LogP contribution in [0.15, 0.2) is 30.6 Å². The fourth-order valence-corrected chi connectivity index (χ4v) is 1.18. The molecule has 4 N–H and O–H groups in total. The van der Waals surface area contributed by atoms with Gasteiger partial charge in [0.15, 0.2) is 0 Å². The highest BCUT2D eigenvalue weighted by Gasteiger charge is 2.09. The van der Waals surface area contributed by atoms with Gasteiger partial charge in [-0.3, -0.25) is 10.1 Å². The van der Waals surface area contributed by atoms with Gasteiger partial charge in [0.1, 0.15) is 5.82 Å². The van der Waals surface area contributed by atoms with Crippen LogP contribution in [0.5, 0.6) is 0 Å². The summed E-state index contributed by atoms with van der Waals surface area (Å²) in [4.78, 5) is 18.1. The van der Waals surface area contributed by atoms with Crippen LogP contribution >= 0.6 is 0 Å². The second-order valence-electron chi connectivity index (χ2n) is 3.13. The number of aromatic nitrogens is 2. The highest BCUT2D eigenvalue weighted by Crippen LogP contribution is 2.12. The molecule has 0 aliphatic heterocycles. The van der Waals surface area contributed by atoms with Crippen molar-refractivity contribution in [3.63, 3.8) is 0 Å². The molecular formula is C10H9FN4O. The molecule has 0 fully saturated rings. The lowest BCUT2D eigenvalue weighted by Gasteiger charge is -2.03. The number of aromatic amines is 1. The quantitative estimate of drug-likeness (QED) is 0.668. The summed E-state index contributed by atoms with van der Waals surface area (Å²) in [5.41, 5.74) is 5.49. The van der Waals surface area contributed by atoms with Crippen molar-refractivity contribution in [3.8, 4) is 0 Å². The molecule has 6 heteroatoms. The second kappa shape index (κ2) is 4.01. The number of amides is 1. The van der Waals surface area contributed by atoms with Crippen molar-refractivity contribution in [3.05, 3.63) is 42.0 Å². The molecule has 0 aliphatic rings. The second-order valence-corrected chi connectivity index (χ2v) is 3.13. The number of imidazole rings is 1. The molecule has 16 heavy (non-hydrogen) atoms. The largest absolute Gasteiger partial charge is 0.396 e. The van der Waals surface area contributed by atoms with E-state index in [1.807, 2.05) is 0 Å². The Morgan fingerprint density at radius 1 is 1.50 bits per heavy atom. The summed E-state index contributed by atoms with van der Waals surface area (Å²) in [7, 11) is 0. The third kappa shape index (κ3) is 2.00. The van der Waals surface area contributed by atoms with E-state index in [2.05, 4.69) is 15.3 Å². The Morgan fingerprint density at radius 2 is 2.31 bits per heavy atom. The number of benzene rings is 1. The molecule has 1 heterocycles. The van der Waals surface area contributed by atoms with Gasteiger partial charge in [-0.2, -0.15) is 0 Å². The zero-order valence-corrected chi connectivity index (χ0v) is 8.20. The lowest BCUT2D eigenvalue weighted by atomic mass is 10.2. The van der Waals surface area contributed by atoms with Crippen molar-refractivity contribution in [2.24, 2.45) is 0 Å². The van der Waals surface area contributed by atoms with Gasteiger partial charge in [-0.05, 0) is 18.2 Å². The maximum Gasteiger partial charge on any atom is 0.258 e. The summed E-state index contributed by atoms with van der Waals surface area (Å²) >= 11 is 0. The molecule has 82 valence electrons. The predicted octanol–water partition coefficient (Wildman–Crippen LogP) is 1.38. The number of nitrogens with two attached hydrogens (primary N) is 1. The minimum Gasteiger partial charge on any atom is -0.396 e.